The number of hydrogen-bond acceptors (Lipinski definition) is 5. The maximum absolute atomic E-state index is 12.8. The summed E-state index contributed by atoms with van der Waals surface area (Å²) in [6.07, 6.45) is 9.79. The van der Waals surface area contributed by atoms with Gasteiger partial charge in [0.15, 0.2) is 0 Å². The van der Waals surface area contributed by atoms with Crippen molar-refractivity contribution in [2.45, 2.75) is 90.5 Å². The molecule has 0 bridgehead atoms. The lowest BCUT2D eigenvalue weighted by Gasteiger charge is -2.30. The number of hydrogen-bond donors (Lipinski definition) is 3. The second-order valence-corrected chi connectivity index (χ2v) is 11.0. The highest BCUT2D eigenvalue weighted by Crippen LogP contribution is 2.31. The fourth-order valence-electron chi connectivity index (χ4n) is 5.65. The summed E-state index contributed by atoms with van der Waals surface area (Å²) in [6, 6.07) is 6.58. The normalized spacial score (nSPS) is 19.5. The van der Waals surface area contributed by atoms with Gasteiger partial charge in [-0.25, -0.2) is 9.78 Å². The number of aromatic nitrogens is 2. The minimum atomic E-state index is -0.100. The standard InChI is InChI=1S/C29H44N6O/c1-6-21-10-9-12-23(19(2)3)26(21)33-29(36)30-18-20-14-16-22(17-15-20)31-28-32-25-13-8-7-11-24(25)27(34-28)35(4)5/h9-10,12,19-20,22H,6-8,11,13-18H2,1-5H3,(H2,30,33,36)(H,31,32,34)/t20-,22+. The Labute approximate surface area is 216 Å². The Bertz CT molecular complexity index is 1040. The molecule has 7 heteroatoms. The summed E-state index contributed by atoms with van der Waals surface area (Å²) in [5.74, 6) is 2.70. The summed E-state index contributed by atoms with van der Waals surface area (Å²) in [5, 5.41) is 9.91. The molecule has 2 aromatic rings. The van der Waals surface area contributed by atoms with Gasteiger partial charge in [-0.1, -0.05) is 39.0 Å². The van der Waals surface area contributed by atoms with E-state index in [1.54, 1.807) is 0 Å². The lowest BCUT2D eigenvalue weighted by Crippen LogP contribution is -2.36. The predicted molar refractivity (Wildman–Crippen MR) is 149 cm³/mol. The average Bonchev–Trinajstić information content (AvgIpc) is 2.87. The van der Waals surface area contributed by atoms with Crippen molar-refractivity contribution in [1.29, 1.82) is 0 Å². The van der Waals surface area contributed by atoms with Gasteiger partial charge < -0.3 is 20.9 Å². The van der Waals surface area contributed by atoms with Crippen LogP contribution >= 0.6 is 0 Å². The first-order valence-electron chi connectivity index (χ1n) is 13.9. The van der Waals surface area contributed by atoms with E-state index < -0.39 is 0 Å². The Morgan fingerprint density at radius 2 is 1.83 bits per heavy atom. The zero-order valence-corrected chi connectivity index (χ0v) is 22.8. The molecule has 0 atom stereocenters. The van der Waals surface area contributed by atoms with Crippen molar-refractivity contribution < 1.29 is 4.79 Å². The fourth-order valence-corrected chi connectivity index (χ4v) is 5.65. The zero-order chi connectivity index (χ0) is 25.7. The molecule has 0 spiro atoms. The molecule has 36 heavy (non-hydrogen) atoms. The van der Waals surface area contributed by atoms with Crippen LogP contribution in [0.25, 0.3) is 0 Å². The number of rotatable bonds is 8. The Hall–Kier alpha value is -2.83. The molecule has 2 amide bonds. The Kier molecular flexibility index (Phi) is 8.70. The third-order valence-electron chi connectivity index (χ3n) is 7.74. The first kappa shape index (κ1) is 26.2. The number of nitrogens with zero attached hydrogens (tertiary/aromatic N) is 3. The number of carbonyl (C=O) groups excluding carboxylic acids is 1. The molecule has 3 N–H and O–H groups in total. The second-order valence-electron chi connectivity index (χ2n) is 11.0. The Morgan fingerprint density at radius 3 is 2.53 bits per heavy atom. The highest BCUT2D eigenvalue weighted by molar-refractivity contribution is 5.91. The Morgan fingerprint density at radius 1 is 1.08 bits per heavy atom. The summed E-state index contributed by atoms with van der Waals surface area (Å²) in [5.41, 5.74) is 5.90. The van der Waals surface area contributed by atoms with Crippen molar-refractivity contribution in [3.8, 4) is 0 Å². The molecule has 196 valence electrons. The number of urea groups is 1. The van der Waals surface area contributed by atoms with E-state index in [0.29, 0.717) is 24.4 Å². The van der Waals surface area contributed by atoms with Gasteiger partial charge in [-0.2, -0.15) is 4.98 Å². The van der Waals surface area contributed by atoms with Crippen molar-refractivity contribution in [2.24, 2.45) is 5.92 Å². The van der Waals surface area contributed by atoms with Crippen LogP contribution in [-0.2, 0) is 19.3 Å². The van der Waals surface area contributed by atoms with E-state index >= 15 is 0 Å². The van der Waals surface area contributed by atoms with E-state index in [0.717, 1.165) is 62.4 Å². The van der Waals surface area contributed by atoms with Crippen LogP contribution in [0.15, 0.2) is 18.2 Å². The largest absolute Gasteiger partial charge is 0.362 e. The number of nitrogens with one attached hydrogen (secondary N) is 3. The van der Waals surface area contributed by atoms with Crippen molar-refractivity contribution in [3.63, 3.8) is 0 Å². The van der Waals surface area contributed by atoms with Crippen LogP contribution in [0, 0.1) is 5.92 Å². The van der Waals surface area contributed by atoms with E-state index in [2.05, 4.69) is 73.9 Å². The van der Waals surface area contributed by atoms with Gasteiger partial charge in [0.05, 0.1) is 5.69 Å². The minimum absolute atomic E-state index is 0.100. The lowest BCUT2D eigenvalue weighted by molar-refractivity contribution is 0.246. The van der Waals surface area contributed by atoms with E-state index in [9.17, 15) is 4.79 Å². The number of anilines is 3. The maximum atomic E-state index is 12.8. The molecule has 1 heterocycles. The van der Waals surface area contributed by atoms with Crippen LogP contribution in [0.5, 0.6) is 0 Å². The van der Waals surface area contributed by atoms with Gasteiger partial charge in [0.25, 0.3) is 0 Å². The molecule has 1 aromatic heterocycles. The molecule has 0 aliphatic heterocycles. The van der Waals surface area contributed by atoms with E-state index in [-0.39, 0.29) is 6.03 Å². The number of carbonyl (C=O) groups is 1. The Balaban J connectivity index is 1.28. The van der Waals surface area contributed by atoms with Crippen molar-refractivity contribution >= 4 is 23.5 Å². The zero-order valence-electron chi connectivity index (χ0n) is 22.8. The van der Waals surface area contributed by atoms with Gasteiger partial charge in [0.2, 0.25) is 5.95 Å². The first-order chi connectivity index (χ1) is 17.4. The topological polar surface area (TPSA) is 82.2 Å². The SMILES string of the molecule is CCc1cccc(C(C)C)c1NC(=O)NC[C@H]1CC[C@@H](Nc2nc3c(c(N(C)C)n2)CCCC3)CC1. The van der Waals surface area contributed by atoms with Gasteiger partial charge >= 0.3 is 6.03 Å². The summed E-state index contributed by atoms with van der Waals surface area (Å²) in [7, 11) is 4.14. The van der Waals surface area contributed by atoms with Gasteiger partial charge in [-0.05, 0) is 80.8 Å². The fraction of sp³-hybridized carbons (Fsp3) is 0.621. The van der Waals surface area contributed by atoms with Crippen molar-refractivity contribution in [2.75, 3.05) is 36.2 Å². The number of benzene rings is 1. The number of aryl methyl sites for hydroxylation is 2. The molecule has 2 aliphatic carbocycles. The molecule has 0 unspecified atom stereocenters. The molecule has 7 nitrogen and oxygen atoms in total. The van der Waals surface area contributed by atoms with Crippen LogP contribution in [-0.4, -0.2) is 42.7 Å². The molecule has 1 fully saturated rings. The van der Waals surface area contributed by atoms with E-state index in [1.807, 2.05) is 0 Å². The number of para-hydroxylation sites is 1. The third-order valence-corrected chi connectivity index (χ3v) is 7.74. The second kappa shape index (κ2) is 11.9. The van der Waals surface area contributed by atoms with Gasteiger partial charge in [-0.3, -0.25) is 0 Å². The quantitative estimate of drug-likeness (QED) is 0.427. The van der Waals surface area contributed by atoms with Gasteiger partial charge in [-0.15, -0.1) is 0 Å². The summed E-state index contributed by atoms with van der Waals surface area (Å²) < 4.78 is 0. The molecular formula is C29H44N6O. The third kappa shape index (κ3) is 6.29. The molecule has 0 saturated heterocycles. The van der Waals surface area contributed by atoms with Gasteiger partial charge in [0, 0.05) is 37.9 Å². The lowest BCUT2D eigenvalue weighted by atomic mass is 9.86. The molecule has 1 saturated carbocycles. The van der Waals surface area contributed by atoms with E-state index in [1.165, 1.54) is 35.2 Å². The predicted octanol–water partition coefficient (Wildman–Crippen LogP) is 5.90. The first-order valence-corrected chi connectivity index (χ1v) is 13.9. The van der Waals surface area contributed by atoms with Crippen LogP contribution in [0.2, 0.25) is 0 Å². The van der Waals surface area contributed by atoms with Crippen LogP contribution < -0.4 is 20.9 Å². The summed E-state index contributed by atoms with van der Waals surface area (Å²) in [4.78, 5) is 24.6. The molecular weight excluding hydrogens is 448 g/mol. The number of amides is 2. The minimum Gasteiger partial charge on any atom is -0.362 e. The van der Waals surface area contributed by atoms with E-state index in [4.69, 9.17) is 9.97 Å². The summed E-state index contributed by atoms with van der Waals surface area (Å²) >= 11 is 0. The van der Waals surface area contributed by atoms with Crippen molar-refractivity contribution in [3.05, 3.63) is 40.6 Å². The smallest absolute Gasteiger partial charge is 0.319 e. The summed E-state index contributed by atoms with van der Waals surface area (Å²) in [6.45, 7) is 7.18. The van der Waals surface area contributed by atoms with Crippen LogP contribution in [0.4, 0.5) is 22.2 Å². The molecule has 4 rings (SSSR count). The van der Waals surface area contributed by atoms with Crippen LogP contribution in [0.3, 0.4) is 0 Å². The molecule has 1 aromatic carbocycles. The maximum Gasteiger partial charge on any atom is 0.319 e. The molecule has 2 aliphatic rings. The number of fused-ring (bicyclic) bond motifs is 1. The van der Waals surface area contributed by atoms with Crippen LogP contribution in [0.1, 0.15) is 87.6 Å². The van der Waals surface area contributed by atoms with Gasteiger partial charge in [0.1, 0.15) is 5.82 Å². The highest BCUT2D eigenvalue weighted by atomic mass is 16.2. The highest BCUT2D eigenvalue weighted by Gasteiger charge is 2.24. The molecule has 0 radical (unpaired) electrons. The average molecular weight is 493 g/mol. The monoisotopic (exact) mass is 492 g/mol. The van der Waals surface area contributed by atoms with Crippen molar-refractivity contribution in [1.82, 2.24) is 15.3 Å².